The summed E-state index contributed by atoms with van der Waals surface area (Å²) in [5, 5.41) is 20.0. The van der Waals surface area contributed by atoms with Crippen LogP contribution < -0.4 is 5.56 Å². The number of alkyl halides is 3. The van der Waals surface area contributed by atoms with Crippen molar-refractivity contribution < 1.29 is 23.4 Å². The number of rotatable bonds is 3. The number of hydrogen-bond donors (Lipinski definition) is 2. The van der Waals surface area contributed by atoms with Crippen LogP contribution >= 0.6 is 11.6 Å². The second-order valence-electron chi connectivity index (χ2n) is 6.02. The molecule has 0 aliphatic rings. The number of nitrogens with zero attached hydrogens (tertiary/aromatic N) is 1. The average molecular weight is 376 g/mol. The van der Waals surface area contributed by atoms with E-state index >= 15 is 0 Å². The van der Waals surface area contributed by atoms with Crippen molar-refractivity contribution in [3.05, 3.63) is 62.5 Å². The third-order valence-corrected chi connectivity index (χ3v) is 4.64. The van der Waals surface area contributed by atoms with Crippen LogP contribution in [-0.4, -0.2) is 21.0 Å². The summed E-state index contributed by atoms with van der Waals surface area (Å²) in [6, 6.07) is 4.56. The molecule has 2 N–H and O–H groups in total. The number of phenols is 1. The third kappa shape index (κ3) is 3.26. The molecule has 4 nitrogen and oxygen atoms in total. The number of benzene rings is 1. The first kappa shape index (κ1) is 19.3. The summed E-state index contributed by atoms with van der Waals surface area (Å²) in [4.78, 5) is 11.8. The minimum Gasteiger partial charge on any atom is -0.508 e. The van der Waals surface area contributed by atoms with Crippen LogP contribution in [0.2, 0.25) is 5.02 Å². The number of phenolic OH excluding ortho intramolecular Hbond substituents is 1. The van der Waals surface area contributed by atoms with Gasteiger partial charge in [-0.05, 0) is 30.7 Å². The van der Waals surface area contributed by atoms with Gasteiger partial charge in [-0.15, -0.1) is 0 Å². The van der Waals surface area contributed by atoms with Crippen molar-refractivity contribution in [2.45, 2.75) is 31.5 Å². The Hall–Kier alpha value is -1.99. The number of aryl methyl sites for hydroxylation is 2. The van der Waals surface area contributed by atoms with Crippen LogP contribution in [0, 0.1) is 6.92 Å². The SMILES string of the molecule is Cc1cc(C(O)(C(C)c2ccc(O)cc2Cl)C(F)(F)F)cn(C)c1=O. The maximum Gasteiger partial charge on any atom is 0.422 e. The zero-order valence-corrected chi connectivity index (χ0v) is 14.5. The Morgan fingerprint density at radius 1 is 1.24 bits per heavy atom. The van der Waals surface area contributed by atoms with Crippen molar-refractivity contribution in [1.29, 1.82) is 0 Å². The van der Waals surface area contributed by atoms with E-state index in [1.165, 1.54) is 33.0 Å². The van der Waals surface area contributed by atoms with Gasteiger partial charge in [0.15, 0.2) is 5.60 Å². The van der Waals surface area contributed by atoms with Crippen LogP contribution in [0.3, 0.4) is 0 Å². The summed E-state index contributed by atoms with van der Waals surface area (Å²) < 4.78 is 42.6. The largest absolute Gasteiger partial charge is 0.508 e. The van der Waals surface area contributed by atoms with Gasteiger partial charge in [0.2, 0.25) is 0 Å². The molecular formula is C17H17ClF3NO3. The molecule has 0 aliphatic carbocycles. The maximum atomic E-state index is 13.9. The standard InChI is InChI=1S/C17H17ClF3NO3/c1-9-6-11(8-22(3)15(9)24)16(25,17(19,20)21)10(2)13-5-4-12(23)7-14(13)18/h4-8,10,23,25H,1-3H3. The molecule has 1 aromatic carbocycles. The molecule has 2 rings (SSSR count). The highest BCUT2D eigenvalue weighted by Gasteiger charge is 2.59. The van der Waals surface area contributed by atoms with Crippen LogP contribution in [0.15, 0.2) is 35.3 Å². The van der Waals surface area contributed by atoms with Crippen molar-refractivity contribution in [3.8, 4) is 5.75 Å². The van der Waals surface area contributed by atoms with Gasteiger partial charge < -0.3 is 14.8 Å². The molecular weight excluding hydrogens is 359 g/mol. The third-order valence-electron chi connectivity index (χ3n) is 4.31. The number of halogens is 4. The fourth-order valence-corrected chi connectivity index (χ4v) is 3.18. The Kier molecular flexibility index (Phi) is 4.94. The summed E-state index contributed by atoms with van der Waals surface area (Å²) in [5.74, 6) is -1.69. The number of aliphatic hydroxyl groups is 1. The van der Waals surface area contributed by atoms with Crippen LogP contribution in [0.1, 0.15) is 29.5 Å². The highest BCUT2D eigenvalue weighted by atomic mass is 35.5. The Bertz CT molecular complexity index is 837. The number of aromatic nitrogens is 1. The number of pyridine rings is 1. The van der Waals surface area contributed by atoms with Gasteiger partial charge in [0.1, 0.15) is 5.75 Å². The van der Waals surface area contributed by atoms with Gasteiger partial charge in [-0.25, -0.2) is 0 Å². The monoisotopic (exact) mass is 375 g/mol. The first-order valence-electron chi connectivity index (χ1n) is 7.35. The van der Waals surface area contributed by atoms with E-state index in [9.17, 15) is 28.2 Å². The number of aromatic hydroxyl groups is 1. The lowest BCUT2D eigenvalue weighted by molar-refractivity contribution is -0.274. The zero-order chi connectivity index (χ0) is 19.2. The lowest BCUT2D eigenvalue weighted by Crippen LogP contribution is -2.47. The molecule has 2 aromatic rings. The van der Waals surface area contributed by atoms with Gasteiger partial charge in [0.25, 0.3) is 5.56 Å². The first-order valence-corrected chi connectivity index (χ1v) is 7.72. The van der Waals surface area contributed by atoms with Crippen molar-refractivity contribution in [1.82, 2.24) is 4.57 Å². The van der Waals surface area contributed by atoms with Gasteiger partial charge >= 0.3 is 6.18 Å². The molecule has 0 radical (unpaired) electrons. The zero-order valence-electron chi connectivity index (χ0n) is 13.7. The molecule has 1 heterocycles. The Morgan fingerprint density at radius 3 is 2.32 bits per heavy atom. The molecule has 0 amide bonds. The molecule has 0 spiro atoms. The van der Waals surface area contributed by atoms with Crippen molar-refractivity contribution in [2.75, 3.05) is 0 Å². The Balaban J connectivity index is 2.73. The molecule has 0 fully saturated rings. The van der Waals surface area contributed by atoms with Gasteiger partial charge in [-0.2, -0.15) is 13.2 Å². The molecule has 0 aliphatic heterocycles. The summed E-state index contributed by atoms with van der Waals surface area (Å²) >= 11 is 5.96. The minimum absolute atomic E-state index is 0.0193. The molecule has 0 saturated carbocycles. The summed E-state index contributed by atoms with van der Waals surface area (Å²) in [7, 11) is 1.31. The quantitative estimate of drug-likeness (QED) is 0.861. The van der Waals surface area contributed by atoms with E-state index in [-0.39, 0.29) is 21.9 Å². The number of hydrogen-bond acceptors (Lipinski definition) is 3. The van der Waals surface area contributed by atoms with Crippen LogP contribution in [-0.2, 0) is 12.6 Å². The second-order valence-corrected chi connectivity index (χ2v) is 6.43. The fourth-order valence-electron chi connectivity index (χ4n) is 2.84. The molecule has 0 saturated heterocycles. The fraction of sp³-hybridized carbons (Fsp3) is 0.353. The predicted molar refractivity (Wildman–Crippen MR) is 87.9 cm³/mol. The lowest BCUT2D eigenvalue weighted by atomic mass is 9.78. The van der Waals surface area contributed by atoms with Crippen LogP contribution in [0.4, 0.5) is 13.2 Å². The Labute approximate surface area is 147 Å². The molecule has 2 atom stereocenters. The second kappa shape index (κ2) is 6.38. The van der Waals surface area contributed by atoms with E-state index < -0.39 is 28.8 Å². The smallest absolute Gasteiger partial charge is 0.422 e. The summed E-state index contributed by atoms with van der Waals surface area (Å²) in [6.07, 6.45) is -4.06. The van der Waals surface area contributed by atoms with E-state index in [1.54, 1.807) is 0 Å². The normalized spacial score (nSPS) is 15.7. The summed E-state index contributed by atoms with van der Waals surface area (Å²) in [6.45, 7) is 2.56. The highest BCUT2D eigenvalue weighted by Crippen LogP contribution is 2.49. The highest BCUT2D eigenvalue weighted by molar-refractivity contribution is 6.31. The van der Waals surface area contributed by atoms with Gasteiger partial charge in [0, 0.05) is 35.3 Å². The van der Waals surface area contributed by atoms with Gasteiger partial charge in [0.05, 0.1) is 0 Å². The van der Waals surface area contributed by atoms with Gasteiger partial charge in [-0.1, -0.05) is 24.6 Å². The molecule has 2 unspecified atom stereocenters. The van der Waals surface area contributed by atoms with Gasteiger partial charge in [-0.3, -0.25) is 4.79 Å². The van der Waals surface area contributed by atoms with E-state index in [1.807, 2.05) is 0 Å². The van der Waals surface area contributed by atoms with Crippen LogP contribution in [0.5, 0.6) is 5.75 Å². The molecule has 1 aromatic heterocycles. The predicted octanol–water partition coefficient (Wildman–Crippen LogP) is 3.61. The minimum atomic E-state index is -5.03. The van der Waals surface area contributed by atoms with Crippen molar-refractivity contribution in [2.24, 2.45) is 7.05 Å². The van der Waals surface area contributed by atoms with Crippen molar-refractivity contribution >= 4 is 11.6 Å². The van der Waals surface area contributed by atoms with Crippen LogP contribution in [0.25, 0.3) is 0 Å². The lowest BCUT2D eigenvalue weighted by Gasteiger charge is -2.37. The topological polar surface area (TPSA) is 62.5 Å². The Morgan fingerprint density at radius 2 is 1.84 bits per heavy atom. The van der Waals surface area contributed by atoms with E-state index in [4.69, 9.17) is 11.6 Å². The first-order chi connectivity index (χ1) is 11.4. The van der Waals surface area contributed by atoms with E-state index in [0.29, 0.717) is 0 Å². The van der Waals surface area contributed by atoms with E-state index in [0.717, 1.165) is 22.9 Å². The molecule has 0 bridgehead atoms. The maximum absolute atomic E-state index is 13.9. The average Bonchev–Trinajstić information content (AvgIpc) is 2.49. The summed E-state index contributed by atoms with van der Waals surface area (Å²) in [5.41, 5.74) is -4.10. The van der Waals surface area contributed by atoms with Crippen molar-refractivity contribution in [3.63, 3.8) is 0 Å². The molecule has 136 valence electrons. The van der Waals surface area contributed by atoms with E-state index in [2.05, 4.69) is 0 Å². The molecule has 8 heteroatoms. The molecule has 25 heavy (non-hydrogen) atoms.